The van der Waals surface area contributed by atoms with Crippen LogP contribution < -0.4 is 9.64 Å². The van der Waals surface area contributed by atoms with Crippen molar-refractivity contribution >= 4 is 11.6 Å². The third-order valence-corrected chi connectivity index (χ3v) is 5.11. The Morgan fingerprint density at radius 2 is 1.82 bits per heavy atom. The van der Waals surface area contributed by atoms with Crippen LogP contribution in [-0.4, -0.2) is 74.3 Å². The number of methoxy groups -OCH3 is 1. The number of hydrogen-bond donors (Lipinski definition) is 0. The first-order valence-corrected chi connectivity index (χ1v) is 9.70. The molecule has 1 aromatic rings. The molecule has 0 saturated carbocycles. The zero-order valence-corrected chi connectivity index (χ0v) is 16.8. The SMILES string of the molecule is COc1ccccc1N1CCN(/C=C(/C#N)C(=O)N2CC(C)OC(C)C2)CC1. The van der Waals surface area contributed by atoms with Crippen molar-refractivity contribution in [2.45, 2.75) is 26.1 Å². The van der Waals surface area contributed by atoms with Crippen molar-refractivity contribution in [3.05, 3.63) is 36.0 Å². The number of nitriles is 1. The molecule has 1 amide bonds. The monoisotopic (exact) mass is 384 g/mol. The number of rotatable bonds is 4. The van der Waals surface area contributed by atoms with E-state index in [-0.39, 0.29) is 23.7 Å². The molecule has 1 aromatic carbocycles. The molecule has 7 heteroatoms. The Bertz CT molecular complexity index is 755. The molecule has 2 saturated heterocycles. The van der Waals surface area contributed by atoms with E-state index in [1.807, 2.05) is 32.0 Å². The van der Waals surface area contributed by atoms with Gasteiger partial charge in [0.2, 0.25) is 0 Å². The van der Waals surface area contributed by atoms with E-state index in [0.717, 1.165) is 37.6 Å². The molecule has 2 atom stereocenters. The van der Waals surface area contributed by atoms with Crippen LogP contribution in [-0.2, 0) is 9.53 Å². The van der Waals surface area contributed by atoms with Gasteiger partial charge in [0.25, 0.3) is 5.91 Å². The van der Waals surface area contributed by atoms with Crippen molar-refractivity contribution in [3.8, 4) is 11.8 Å². The second kappa shape index (κ2) is 8.98. The highest BCUT2D eigenvalue weighted by molar-refractivity contribution is 5.97. The number of anilines is 1. The van der Waals surface area contributed by atoms with E-state index >= 15 is 0 Å². The van der Waals surface area contributed by atoms with Gasteiger partial charge in [-0.2, -0.15) is 5.26 Å². The smallest absolute Gasteiger partial charge is 0.266 e. The number of benzene rings is 1. The predicted molar refractivity (Wildman–Crippen MR) is 107 cm³/mol. The van der Waals surface area contributed by atoms with Gasteiger partial charge in [0.1, 0.15) is 17.4 Å². The number of hydrogen-bond acceptors (Lipinski definition) is 6. The molecular formula is C21H28N4O3. The molecule has 2 aliphatic heterocycles. The maximum Gasteiger partial charge on any atom is 0.266 e. The van der Waals surface area contributed by atoms with Gasteiger partial charge in [0.05, 0.1) is 25.0 Å². The number of piperazine rings is 1. The van der Waals surface area contributed by atoms with Crippen molar-refractivity contribution in [2.75, 3.05) is 51.3 Å². The lowest BCUT2D eigenvalue weighted by molar-refractivity contribution is -0.138. The zero-order chi connectivity index (χ0) is 20.1. The summed E-state index contributed by atoms with van der Waals surface area (Å²) in [5.41, 5.74) is 1.26. The Kier molecular flexibility index (Phi) is 6.42. The number of ether oxygens (including phenoxy) is 2. The van der Waals surface area contributed by atoms with Gasteiger partial charge in [-0.05, 0) is 26.0 Å². The maximum atomic E-state index is 12.8. The summed E-state index contributed by atoms with van der Waals surface area (Å²) in [6.07, 6.45) is 1.68. The minimum absolute atomic E-state index is 0.0166. The molecule has 0 N–H and O–H groups in total. The highest BCUT2D eigenvalue weighted by Crippen LogP contribution is 2.28. The summed E-state index contributed by atoms with van der Waals surface area (Å²) < 4.78 is 11.1. The molecule has 7 nitrogen and oxygen atoms in total. The number of para-hydroxylation sites is 2. The van der Waals surface area contributed by atoms with E-state index in [1.165, 1.54) is 0 Å². The first kappa shape index (κ1) is 20.0. The van der Waals surface area contributed by atoms with Crippen LogP contribution in [0.15, 0.2) is 36.0 Å². The molecule has 2 unspecified atom stereocenters. The molecule has 28 heavy (non-hydrogen) atoms. The minimum atomic E-state index is -0.211. The van der Waals surface area contributed by atoms with E-state index < -0.39 is 0 Å². The molecule has 2 aliphatic rings. The molecule has 150 valence electrons. The van der Waals surface area contributed by atoms with Gasteiger partial charge in [-0.3, -0.25) is 4.79 Å². The Labute approximate surface area is 166 Å². The van der Waals surface area contributed by atoms with Crippen LogP contribution in [0.3, 0.4) is 0 Å². The molecule has 0 bridgehead atoms. The number of carbonyl (C=O) groups is 1. The molecule has 0 radical (unpaired) electrons. The van der Waals surface area contributed by atoms with Crippen LogP contribution in [0.1, 0.15) is 13.8 Å². The molecule has 3 rings (SSSR count). The van der Waals surface area contributed by atoms with E-state index in [4.69, 9.17) is 9.47 Å². The van der Waals surface area contributed by atoms with Gasteiger partial charge in [0, 0.05) is 45.5 Å². The van der Waals surface area contributed by atoms with Crippen LogP contribution in [0, 0.1) is 11.3 Å². The second-order valence-electron chi connectivity index (χ2n) is 7.32. The third kappa shape index (κ3) is 4.57. The van der Waals surface area contributed by atoms with Crippen molar-refractivity contribution < 1.29 is 14.3 Å². The highest BCUT2D eigenvalue weighted by Gasteiger charge is 2.28. The number of nitrogens with zero attached hydrogens (tertiary/aromatic N) is 4. The Morgan fingerprint density at radius 1 is 1.18 bits per heavy atom. The van der Waals surface area contributed by atoms with E-state index in [1.54, 1.807) is 18.2 Å². The summed E-state index contributed by atoms with van der Waals surface area (Å²) in [4.78, 5) is 18.8. The molecule has 0 spiro atoms. The van der Waals surface area contributed by atoms with E-state index in [2.05, 4.69) is 21.9 Å². The molecule has 0 aromatic heterocycles. The third-order valence-electron chi connectivity index (χ3n) is 5.11. The molecule has 0 aliphatic carbocycles. The Morgan fingerprint density at radius 3 is 2.43 bits per heavy atom. The lowest BCUT2D eigenvalue weighted by Gasteiger charge is -2.37. The molecular weight excluding hydrogens is 356 g/mol. The zero-order valence-electron chi connectivity index (χ0n) is 16.8. The van der Waals surface area contributed by atoms with E-state index in [9.17, 15) is 10.1 Å². The molecule has 2 fully saturated rings. The number of morpholine rings is 1. The fourth-order valence-electron chi connectivity index (χ4n) is 3.81. The maximum absolute atomic E-state index is 12.8. The summed E-state index contributed by atoms with van der Waals surface area (Å²) in [7, 11) is 1.68. The first-order chi connectivity index (χ1) is 13.5. The van der Waals surface area contributed by atoms with Crippen LogP contribution in [0.25, 0.3) is 0 Å². The van der Waals surface area contributed by atoms with Gasteiger partial charge < -0.3 is 24.2 Å². The normalized spacial score (nSPS) is 23.4. The lowest BCUT2D eigenvalue weighted by atomic mass is 10.2. The van der Waals surface area contributed by atoms with Gasteiger partial charge in [-0.15, -0.1) is 0 Å². The average molecular weight is 384 g/mol. The number of carbonyl (C=O) groups excluding carboxylic acids is 1. The van der Waals surface area contributed by atoms with Crippen LogP contribution in [0.5, 0.6) is 5.75 Å². The van der Waals surface area contributed by atoms with Crippen LogP contribution >= 0.6 is 0 Å². The quantitative estimate of drug-likeness (QED) is 0.583. The summed E-state index contributed by atoms with van der Waals surface area (Å²) >= 11 is 0. The standard InChI is InChI=1S/C21H28N4O3/c1-16-13-25(14-17(2)28-16)21(26)18(12-22)15-23-8-10-24(11-9-23)19-6-4-5-7-20(19)27-3/h4-7,15-17H,8-11,13-14H2,1-3H3/b18-15-. The summed E-state index contributed by atoms with van der Waals surface area (Å²) in [5.74, 6) is 0.645. The van der Waals surface area contributed by atoms with Gasteiger partial charge in [-0.25, -0.2) is 0 Å². The highest BCUT2D eigenvalue weighted by atomic mass is 16.5. The number of amides is 1. The molecule has 2 heterocycles. The van der Waals surface area contributed by atoms with Crippen molar-refractivity contribution in [1.82, 2.24) is 9.80 Å². The summed E-state index contributed by atoms with van der Waals surface area (Å²) in [6, 6.07) is 10.1. The van der Waals surface area contributed by atoms with Crippen LogP contribution in [0.2, 0.25) is 0 Å². The van der Waals surface area contributed by atoms with Crippen LogP contribution in [0.4, 0.5) is 5.69 Å². The minimum Gasteiger partial charge on any atom is -0.495 e. The lowest BCUT2D eigenvalue weighted by Crippen LogP contribution is -2.49. The van der Waals surface area contributed by atoms with Gasteiger partial charge in [-0.1, -0.05) is 12.1 Å². The second-order valence-corrected chi connectivity index (χ2v) is 7.32. The van der Waals surface area contributed by atoms with E-state index in [0.29, 0.717) is 13.1 Å². The van der Waals surface area contributed by atoms with Crippen molar-refractivity contribution in [1.29, 1.82) is 5.26 Å². The van der Waals surface area contributed by atoms with Crippen molar-refractivity contribution in [2.24, 2.45) is 0 Å². The van der Waals surface area contributed by atoms with Crippen molar-refractivity contribution in [3.63, 3.8) is 0 Å². The van der Waals surface area contributed by atoms with Gasteiger partial charge in [0.15, 0.2) is 0 Å². The Hall–Kier alpha value is -2.72. The topological polar surface area (TPSA) is 69.0 Å². The largest absolute Gasteiger partial charge is 0.495 e. The Balaban J connectivity index is 1.63. The predicted octanol–water partition coefficient (Wildman–Crippen LogP) is 1.86. The van der Waals surface area contributed by atoms with Gasteiger partial charge >= 0.3 is 0 Å². The summed E-state index contributed by atoms with van der Waals surface area (Å²) in [6.45, 7) is 8.02. The fraction of sp³-hybridized carbons (Fsp3) is 0.524. The average Bonchev–Trinajstić information content (AvgIpc) is 2.71. The first-order valence-electron chi connectivity index (χ1n) is 9.70. The summed E-state index contributed by atoms with van der Waals surface area (Å²) in [5, 5.41) is 9.54. The fourth-order valence-corrected chi connectivity index (χ4v) is 3.81.